The van der Waals surface area contributed by atoms with Crippen molar-refractivity contribution in [2.45, 2.75) is 19.9 Å². The summed E-state index contributed by atoms with van der Waals surface area (Å²) < 4.78 is 1.48. The highest BCUT2D eigenvalue weighted by Gasteiger charge is 2.01. The van der Waals surface area contributed by atoms with E-state index in [1.165, 1.54) is 22.9 Å². The van der Waals surface area contributed by atoms with Crippen molar-refractivity contribution in [1.29, 1.82) is 0 Å². The number of aryl methyl sites for hydroxylation is 1. The van der Waals surface area contributed by atoms with Gasteiger partial charge in [0.2, 0.25) is 5.91 Å². The van der Waals surface area contributed by atoms with E-state index in [0.717, 1.165) is 18.6 Å². The van der Waals surface area contributed by atoms with Crippen LogP contribution in [0, 0.1) is 0 Å². The van der Waals surface area contributed by atoms with E-state index in [2.05, 4.69) is 5.32 Å². The molecule has 96 valence electrons. The van der Waals surface area contributed by atoms with Crippen molar-refractivity contribution in [3.63, 3.8) is 0 Å². The van der Waals surface area contributed by atoms with E-state index in [-0.39, 0.29) is 5.56 Å². The number of nitrogens with zero attached hydrogens (tertiary/aromatic N) is 1. The third kappa shape index (κ3) is 4.25. The van der Waals surface area contributed by atoms with E-state index in [9.17, 15) is 14.4 Å². The molecular weight excluding hydrogens is 236 g/mol. The molecule has 0 aliphatic rings. The van der Waals surface area contributed by atoms with E-state index in [1.807, 2.05) is 6.92 Å². The first-order valence-electron chi connectivity index (χ1n) is 5.45. The summed E-state index contributed by atoms with van der Waals surface area (Å²) in [7, 11) is 0. The fourth-order valence-electron chi connectivity index (χ4n) is 1.35. The van der Waals surface area contributed by atoms with Gasteiger partial charge >= 0.3 is 5.97 Å². The summed E-state index contributed by atoms with van der Waals surface area (Å²) in [5.74, 6) is -1.75. The van der Waals surface area contributed by atoms with Crippen LogP contribution in [0.15, 0.2) is 35.3 Å². The van der Waals surface area contributed by atoms with Crippen molar-refractivity contribution in [2.75, 3.05) is 5.32 Å². The minimum atomic E-state index is -1.19. The Morgan fingerprint density at radius 2 is 2.11 bits per heavy atom. The van der Waals surface area contributed by atoms with Gasteiger partial charge in [-0.1, -0.05) is 6.92 Å². The van der Waals surface area contributed by atoms with Gasteiger partial charge in [-0.2, -0.15) is 0 Å². The van der Waals surface area contributed by atoms with Crippen molar-refractivity contribution >= 4 is 17.6 Å². The smallest absolute Gasteiger partial charge is 0.328 e. The maximum Gasteiger partial charge on any atom is 0.328 e. The topological polar surface area (TPSA) is 88.4 Å². The SMILES string of the molecule is CCCn1cc(NC(=O)/C=C/C(=O)O)ccc1=O. The zero-order valence-electron chi connectivity index (χ0n) is 9.92. The Bertz CT molecular complexity index is 531. The molecule has 18 heavy (non-hydrogen) atoms. The molecule has 0 aliphatic carbocycles. The van der Waals surface area contributed by atoms with Crippen LogP contribution in [0.4, 0.5) is 5.69 Å². The van der Waals surface area contributed by atoms with Crippen molar-refractivity contribution in [3.05, 3.63) is 40.8 Å². The minimum absolute atomic E-state index is 0.143. The van der Waals surface area contributed by atoms with Gasteiger partial charge in [0.05, 0.1) is 5.69 Å². The van der Waals surface area contributed by atoms with Crippen LogP contribution < -0.4 is 10.9 Å². The molecule has 1 heterocycles. The molecule has 1 aromatic heterocycles. The highest BCUT2D eigenvalue weighted by molar-refractivity contribution is 6.02. The van der Waals surface area contributed by atoms with Crippen LogP contribution in [0.1, 0.15) is 13.3 Å². The zero-order chi connectivity index (χ0) is 13.5. The number of rotatable bonds is 5. The normalized spacial score (nSPS) is 10.5. The molecule has 1 rings (SSSR count). The Morgan fingerprint density at radius 1 is 1.39 bits per heavy atom. The molecule has 6 nitrogen and oxygen atoms in total. The number of aliphatic carboxylic acids is 1. The largest absolute Gasteiger partial charge is 0.478 e. The molecule has 6 heteroatoms. The highest BCUT2D eigenvalue weighted by atomic mass is 16.4. The second-order valence-electron chi connectivity index (χ2n) is 3.61. The van der Waals surface area contributed by atoms with Crippen LogP contribution in [0.5, 0.6) is 0 Å². The molecular formula is C12H14N2O4. The second kappa shape index (κ2) is 6.39. The van der Waals surface area contributed by atoms with Crippen LogP contribution in [-0.2, 0) is 16.1 Å². The molecule has 2 N–H and O–H groups in total. The van der Waals surface area contributed by atoms with Gasteiger partial charge in [-0.25, -0.2) is 4.79 Å². The van der Waals surface area contributed by atoms with Crippen molar-refractivity contribution in [3.8, 4) is 0 Å². The van der Waals surface area contributed by atoms with Crippen LogP contribution in [0.3, 0.4) is 0 Å². The molecule has 0 atom stereocenters. The molecule has 0 fully saturated rings. The molecule has 1 aromatic rings. The van der Waals surface area contributed by atoms with Gasteiger partial charge in [-0.15, -0.1) is 0 Å². The molecule has 0 spiro atoms. The number of aromatic nitrogens is 1. The number of carboxylic acids is 1. The Kier molecular flexibility index (Phi) is 4.86. The third-order valence-electron chi connectivity index (χ3n) is 2.09. The first-order valence-corrected chi connectivity index (χ1v) is 5.45. The van der Waals surface area contributed by atoms with Gasteiger partial charge in [-0.3, -0.25) is 9.59 Å². The number of anilines is 1. The number of carbonyl (C=O) groups excluding carboxylic acids is 1. The lowest BCUT2D eigenvalue weighted by Crippen LogP contribution is -2.20. The zero-order valence-corrected chi connectivity index (χ0v) is 9.92. The second-order valence-corrected chi connectivity index (χ2v) is 3.61. The van der Waals surface area contributed by atoms with E-state index in [1.54, 1.807) is 0 Å². The van der Waals surface area contributed by atoms with E-state index < -0.39 is 11.9 Å². The highest BCUT2D eigenvalue weighted by Crippen LogP contribution is 2.03. The lowest BCUT2D eigenvalue weighted by molar-refractivity contribution is -0.131. The molecule has 0 unspecified atom stereocenters. The summed E-state index contributed by atoms with van der Waals surface area (Å²) in [4.78, 5) is 33.0. The van der Waals surface area contributed by atoms with Crippen molar-refractivity contribution < 1.29 is 14.7 Å². The van der Waals surface area contributed by atoms with Gasteiger partial charge < -0.3 is 15.0 Å². The summed E-state index contributed by atoms with van der Waals surface area (Å²) >= 11 is 0. The third-order valence-corrected chi connectivity index (χ3v) is 2.09. The number of nitrogens with one attached hydrogen (secondary N) is 1. The predicted molar refractivity (Wildman–Crippen MR) is 66.4 cm³/mol. The predicted octanol–water partition coefficient (Wildman–Crippen LogP) is 0.838. The summed E-state index contributed by atoms with van der Waals surface area (Å²) in [5, 5.41) is 10.8. The lowest BCUT2D eigenvalue weighted by Gasteiger charge is -2.07. The number of pyridine rings is 1. The Hall–Kier alpha value is -2.37. The summed E-state index contributed by atoms with van der Waals surface area (Å²) in [6, 6.07) is 2.83. The number of carboxylic acid groups (broad SMARTS) is 1. The monoisotopic (exact) mass is 250 g/mol. The van der Waals surface area contributed by atoms with Crippen LogP contribution >= 0.6 is 0 Å². The molecule has 0 bridgehead atoms. The Labute approximate surface area is 104 Å². The van der Waals surface area contributed by atoms with E-state index in [4.69, 9.17) is 5.11 Å². The maximum absolute atomic E-state index is 11.4. The van der Waals surface area contributed by atoms with Gasteiger partial charge in [-0.05, 0) is 12.5 Å². The first-order chi connectivity index (χ1) is 8.52. The number of amides is 1. The van der Waals surface area contributed by atoms with Gasteiger partial charge in [0.25, 0.3) is 5.56 Å². The minimum Gasteiger partial charge on any atom is -0.478 e. The first kappa shape index (κ1) is 13.7. The van der Waals surface area contributed by atoms with Crippen molar-refractivity contribution in [1.82, 2.24) is 4.57 Å². The summed E-state index contributed by atoms with van der Waals surface area (Å²) in [6.45, 7) is 2.50. The lowest BCUT2D eigenvalue weighted by atomic mass is 10.3. The van der Waals surface area contributed by atoms with E-state index in [0.29, 0.717) is 12.2 Å². The van der Waals surface area contributed by atoms with Gasteiger partial charge in [0.1, 0.15) is 0 Å². The maximum atomic E-state index is 11.4. The molecule has 1 amide bonds. The molecule has 0 radical (unpaired) electrons. The molecule has 0 saturated heterocycles. The average Bonchev–Trinajstić information content (AvgIpc) is 2.31. The number of hydrogen-bond donors (Lipinski definition) is 2. The summed E-state index contributed by atoms with van der Waals surface area (Å²) in [6.07, 6.45) is 3.99. The fraction of sp³-hybridized carbons (Fsp3) is 0.250. The fourth-order valence-corrected chi connectivity index (χ4v) is 1.35. The molecule has 0 aromatic carbocycles. The molecule has 0 saturated carbocycles. The average molecular weight is 250 g/mol. The van der Waals surface area contributed by atoms with Gasteiger partial charge in [0.15, 0.2) is 0 Å². The number of carbonyl (C=O) groups is 2. The van der Waals surface area contributed by atoms with Crippen molar-refractivity contribution in [2.24, 2.45) is 0 Å². The quantitative estimate of drug-likeness (QED) is 0.758. The van der Waals surface area contributed by atoms with Gasteiger partial charge in [0, 0.05) is 31.0 Å². The Balaban J connectivity index is 2.79. The van der Waals surface area contributed by atoms with Crippen LogP contribution in [0.25, 0.3) is 0 Å². The molecule has 0 aliphatic heterocycles. The van der Waals surface area contributed by atoms with Crippen LogP contribution in [0.2, 0.25) is 0 Å². The standard InChI is InChI=1S/C12H14N2O4/c1-2-7-14-8-9(3-5-11(14)16)13-10(15)4-6-12(17)18/h3-6,8H,2,7H2,1H3,(H,13,15)(H,17,18)/b6-4+. The van der Waals surface area contributed by atoms with Crippen LogP contribution in [-0.4, -0.2) is 21.6 Å². The Morgan fingerprint density at radius 3 is 2.72 bits per heavy atom. The summed E-state index contributed by atoms with van der Waals surface area (Å²) in [5.41, 5.74) is 0.305. The number of hydrogen-bond acceptors (Lipinski definition) is 3. The van der Waals surface area contributed by atoms with E-state index >= 15 is 0 Å².